The Morgan fingerprint density at radius 1 is 1.18 bits per heavy atom. The Balaban J connectivity index is 1.66. The summed E-state index contributed by atoms with van der Waals surface area (Å²) in [5.74, 6) is 0.213. The van der Waals surface area contributed by atoms with E-state index in [1.165, 1.54) is 4.90 Å². The van der Waals surface area contributed by atoms with Crippen LogP contribution in [0.4, 0.5) is 5.69 Å². The SMILES string of the molecule is C=C(C)CN1C(=O)[C@@](O)(CC(=O)c2ccc3c(c2)OCCO3)c2ccccc21. The van der Waals surface area contributed by atoms with Crippen molar-refractivity contribution in [1.29, 1.82) is 0 Å². The summed E-state index contributed by atoms with van der Waals surface area (Å²) in [6.45, 7) is 6.83. The van der Waals surface area contributed by atoms with Crippen LogP contribution >= 0.6 is 0 Å². The van der Waals surface area contributed by atoms with Gasteiger partial charge in [-0.1, -0.05) is 30.4 Å². The summed E-state index contributed by atoms with van der Waals surface area (Å²) in [6, 6.07) is 11.9. The number of ketones is 1. The van der Waals surface area contributed by atoms with Crippen LogP contribution in [0.1, 0.15) is 29.3 Å². The van der Waals surface area contributed by atoms with Gasteiger partial charge in [-0.15, -0.1) is 0 Å². The third-order valence-electron chi connectivity index (χ3n) is 4.95. The largest absolute Gasteiger partial charge is 0.486 e. The summed E-state index contributed by atoms with van der Waals surface area (Å²) in [5, 5.41) is 11.3. The fourth-order valence-electron chi connectivity index (χ4n) is 3.66. The second-order valence-corrected chi connectivity index (χ2v) is 7.18. The van der Waals surface area contributed by atoms with Crippen LogP contribution in [-0.2, 0) is 10.4 Å². The fraction of sp³-hybridized carbons (Fsp3) is 0.273. The number of fused-ring (bicyclic) bond motifs is 2. The topological polar surface area (TPSA) is 76.1 Å². The van der Waals surface area contributed by atoms with Crippen LogP contribution < -0.4 is 14.4 Å². The molecule has 0 spiro atoms. The summed E-state index contributed by atoms with van der Waals surface area (Å²) in [6.07, 6.45) is -0.352. The quantitative estimate of drug-likeness (QED) is 0.639. The van der Waals surface area contributed by atoms with Gasteiger partial charge < -0.3 is 19.5 Å². The van der Waals surface area contributed by atoms with E-state index >= 15 is 0 Å². The lowest BCUT2D eigenvalue weighted by molar-refractivity contribution is -0.135. The molecule has 1 N–H and O–H groups in total. The molecule has 2 aromatic rings. The maximum absolute atomic E-state index is 13.1. The summed E-state index contributed by atoms with van der Waals surface area (Å²) in [7, 11) is 0. The van der Waals surface area contributed by atoms with Gasteiger partial charge >= 0.3 is 0 Å². The molecule has 0 aliphatic carbocycles. The minimum Gasteiger partial charge on any atom is -0.486 e. The van der Waals surface area contributed by atoms with Gasteiger partial charge in [0.2, 0.25) is 0 Å². The second-order valence-electron chi connectivity index (χ2n) is 7.18. The van der Waals surface area contributed by atoms with E-state index < -0.39 is 11.5 Å². The molecule has 0 radical (unpaired) electrons. The van der Waals surface area contributed by atoms with Crippen LogP contribution in [0.3, 0.4) is 0 Å². The lowest BCUT2D eigenvalue weighted by Crippen LogP contribution is -2.42. The van der Waals surface area contributed by atoms with Crippen LogP contribution in [0.2, 0.25) is 0 Å². The second kappa shape index (κ2) is 6.80. The molecule has 1 atom stereocenters. The highest BCUT2D eigenvalue weighted by molar-refractivity contribution is 6.11. The van der Waals surface area contributed by atoms with E-state index in [1.54, 1.807) is 42.5 Å². The number of benzene rings is 2. The number of nitrogens with zero attached hydrogens (tertiary/aromatic N) is 1. The molecule has 0 fully saturated rings. The van der Waals surface area contributed by atoms with Crippen LogP contribution in [0, 0.1) is 0 Å². The zero-order valence-electron chi connectivity index (χ0n) is 15.6. The van der Waals surface area contributed by atoms with Crippen molar-refractivity contribution in [2.45, 2.75) is 18.9 Å². The average Bonchev–Trinajstić information content (AvgIpc) is 2.89. The van der Waals surface area contributed by atoms with Crippen molar-refractivity contribution >= 4 is 17.4 Å². The predicted molar refractivity (Wildman–Crippen MR) is 104 cm³/mol. The molecule has 6 nitrogen and oxygen atoms in total. The number of carbonyl (C=O) groups excluding carboxylic acids is 2. The minimum absolute atomic E-state index is 0.288. The number of hydrogen-bond donors (Lipinski definition) is 1. The number of aliphatic hydroxyl groups is 1. The predicted octanol–water partition coefficient (Wildman–Crippen LogP) is 2.84. The molecule has 2 aliphatic rings. The summed E-state index contributed by atoms with van der Waals surface area (Å²) < 4.78 is 11.0. The normalized spacial score (nSPS) is 20.1. The Hall–Kier alpha value is -3.12. The Labute approximate surface area is 163 Å². The van der Waals surface area contributed by atoms with Gasteiger partial charge in [0.25, 0.3) is 5.91 Å². The maximum Gasteiger partial charge on any atom is 0.264 e. The molecule has 0 saturated heterocycles. The molecule has 2 aromatic carbocycles. The fourth-order valence-corrected chi connectivity index (χ4v) is 3.66. The first-order valence-corrected chi connectivity index (χ1v) is 9.11. The number of Topliss-reactive ketones (excluding diaryl/α,β-unsaturated/α-hetero) is 1. The highest BCUT2D eigenvalue weighted by Gasteiger charge is 2.50. The van der Waals surface area contributed by atoms with Crippen molar-refractivity contribution < 1.29 is 24.2 Å². The molecule has 0 bridgehead atoms. The zero-order chi connectivity index (χ0) is 19.9. The maximum atomic E-state index is 13.1. The monoisotopic (exact) mass is 379 g/mol. The van der Waals surface area contributed by atoms with Crippen molar-refractivity contribution in [3.05, 3.63) is 65.7 Å². The van der Waals surface area contributed by atoms with Gasteiger partial charge in [-0.05, 0) is 31.2 Å². The smallest absolute Gasteiger partial charge is 0.264 e. The van der Waals surface area contributed by atoms with E-state index in [2.05, 4.69) is 6.58 Å². The van der Waals surface area contributed by atoms with Crippen molar-refractivity contribution in [2.75, 3.05) is 24.7 Å². The minimum atomic E-state index is -1.91. The zero-order valence-corrected chi connectivity index (χ0v) is 15.6. The van der Waals surface area contributed by atoms with Crippen LogP contribution in [0.5, 0.6) is 11.5 Å². The molecule has 0 aromatic heterocycles. The highest BCUT2D eigenvalue weighted by atomic mass is 16.6. The molecule has 144 valence electrons. The third-order valence-corrected chi connectivity index (χ3v) is 4.95. The Kier molecular flexibility index (Phi) is 4.43. The van der Waals surface area contributed by atoms with E-state index in [4.69, 9.17) is 9.47 Å². The number of amides is 1. The van der Waals surface area contributed by atoms with Crippen molar-refractivity contribution in [2.24, 2.45) is 0 Å². The van der Waals surface area contributed by atoms with Crippen molar-refractivity contribution in [1.82, 2.24) is 0 Å². The van der Waals surface area contributed by atoms with E-state index in [1.807, 2.05) is 6.92 Å². The van der Waals surface area contributed by atoms with E-state index in [0.717, 1.165) is 5.57 Å². The lowest BCUT2D eigenvalue weighted by Gasteiger charge is -2.23. The van der Waals surface area contributed by atoms with Gasteiger partial charge in [0.1, 0.15) is 13.2 Å². The Bertz CT molecular complexity index is 983. The van der Waals surface area contributed by atoms with Crippen LogP contribution in [-0.4, -0.2) is 36.6 Å². The number of carbonyl (C=O) groups is 2. The van der Waals surface area contributed by atoms with Gasteiger partial charge in [-0.3, -0.25) is 9.59 Å². The number of anilines is 1. The van der Waals surface area contributed by atoms with Gasteiger partial charge in [0.15, 0.2) is 22.9 Å². The molecular formula is C22H21NO5. The van der Waals surface area contributed by atoms with E-state index in [9.17, 15) is 14.7 Å². The molecule has 1 amide bonds. The first-order chi connectivity index (χ1) is 13.4. The molecule has 28 heavy (non-hydrogen) atoms. The Morgan fingerprint density at radius 3 is 2.64 bits per heavy atom. The van der Waals surface area contributed by atoms with Crippen molar-refractivity contribution in [3.63, 3.8) is 0 Å². The number of ether oxygens (including phenoxy) is 2. The van der Waals surface area contributed by atoms with E-state index in [-0.39, 0.29) is 18.7 Å². The first-order valence-electron chi connectivity index (χ1n) is 9.11. The average molecular weight is 379 g/mol. The summed E-state index contributed by atoms with van der Waals surface area (Å²) in [5.41, 5.74) is 0.281. The molecule has 2 heterocycles. The van der Waals surface area contributed by atoms with Gasteiger partial charge in [0, 0.05) is 17.7 Å². The van der Waals surface area contributed by atoms with Gasteiger partial charge in [0.05, 0.1) is 12.1 Å². The molecular weight excluding hydrogens is 358 g/mol. The van der Waals surface area contributed by atoms with Crippen LogP contribution in [0.25, 0.3) is 0 Å². The standard InChI is InChI=1S/C22H21NO5/c1-14(2)13-23-17-6-4-3-5-16(17)22(26,21(23)25)12-18(24)15-7-8-19-20(11-15)28-10-9-27-19/h3-8,11,26H,1,9-10,12-13H2,2H3/t22-/m1/s1. The number of para-hydroxylation sites is 1. The van der Waals surface area contributed by atoms with Gasteiger partial charge in [-0.2, -0.15) is 0 Å². The molecule has 4 rings (SSSR count). The van der Waals surface area contributed by atoms with Crippen LogP contribution in [0.15, 0.2) is 54.6 Å². The molecule has 2 aliphatic heterocycles. The van der Waals surface area contributed by atoms with E-state index in [0.29, 0.717) is 41.5 Å². The first kappa shape index (κ1) is 18.3. The molecule has 6 heteroatoms. The number of rotatable bonds is 5. The Morgan fingerprint density at radius 2 is 1.89 bits per heavy atom. The number of hydrogen-bond acceptors (Lipinski definition) is 5. The highest BCUT2D eigenvalue weighted by Crippen LogP contribution is 2.43. The van der Waals surface area contributed by atoms with Crippen molar-refractivity contribution in [3.8, 4) is 11.5 Å². The summed E-state index contributed by atoms with van der Waals surface area (Å²) in [4.78, 5) is 27.5. The third kappa shape index (κ3) is 2.96. The molecule has 0 saturated carbocycles. The molecule has 0 unspecified atom stereocenters. The lowest BCUT2D eigenvalue weighted by atomic mass is 9.88. The summed E-state index contributed by atoms with van der Waals surface area (Å²) >= 11 is 0. The van der Waals surface area contributed by atoms with Gasteiger partial charge in [-0.25, -0.2) is 0 Å².